The maximum atomic E-state index is 4.46. The first-order chi connectivity index (χ1) is 50.5. The smallest absolute Gasteiger partial charge is 0.510 e. The average Bonchev–Trinajstić information content (AvgIpc) is 1.63. The molecule has 9 heterocycles. The van der Waals surface area contributed by atoms with Crippen molar-refractivity contribution < 1.29 is 60.3 Å². The summed E-state index contributed by atoms with van der Waals surface area (Å²) in [6.07, 6.45) is 13.5. The Balaban J connectivity index is 0.000000118. The van der Waals surface area contributed by atoms with Gasteiger partial charge in [-0.25, -0.2) is 15.0 Å². The molecule has 3 aliphatic heterocycles. The van der Waals surface area contributed by atoms with Gasteiger partial charge < -0.3 is 43.1 Å². The number of rotatable bonds is 7. The molecule has 11 aromatic carbocycles. The first-order valence-electron chi connectivity index (χ1n) is 33.5. The van der Waals surface area contributed by atoms with Crippen LogP contribution in [0.3, 0.4) is 0 Å². The third-order valence-corrected chi connectivity index (χ3v) is 17.3. The van der Waals surface area contributed by atoms with E-state index in [9.17, 15) is 0 Å². The molecule has 105 heavy (non-hydrogen) atoms. The van der Waals surface area contributed by atoms with Crippen molar-refractivity contribution in [2.45, 2.75) is 0 Å². The summed E-state index contributed by atoms with van der Waals surface area (Å²) in [6.45, 7) is 6.13. The molecule has 0 N–H and O–H groups in total. The number of anilines is 6. The number of hydrogen-bond donors (Lipinski definition) is 0. The number of para-hydroxylation sites is 12. The van der Waals surface area contributed by atoms with Gasteiger partial charge in [0.15, 0.2) is 0 Å². The van der Waals surface area contributed by atoms with Gasteiger partial charge in [0.2, 0.25) is 0 Å². The molecule has 0 fully saturated rings. The van der Waals surface area contributed by atoms with Crippen molar-refractivity contribution in [3.63, 3.8) is 0 Å². The summed E-state index contributed by atoms with van der Waals surface area (Å²) in [6, 6.07) is 123. The van der Waals surface area contributed by atoms with Crippen LogP contribution in [0.15, 0.2) is 353 Å². The molecule has 0 spiro atoms. The van der Waals surface area contributed by atoms with Crippen LogP contribution >= 0.6 is 0 Å². The molecule has 0 saturated heterocycles. The third-order valence-electron chi connectivity index (χ3n) is 17.3. The Hall–Kier alpha value is -11.5. The number of nitrogens with zero attached hydrogens (tertiary/aromatic N) is 12. The number of aromatic nitrogens is 6. The zero-order valence-corrected chi connectivity index (χ0v) is 64.3. The number of hydrogen-bond acceptors (Lipinski definition) is 9. The van der Waals surface area contributed by atoms with Gasteiger partial charge in [-0.1, -0.05) is 120 Å². The summed E-state index contributed by atoms with van der Waals surface area (Å²) in [5.74, 6) is 2.78. The number of pyridine rings is 3. The van der Waals surface area contributed by atoms with E-state index in [1.807, 2.05) is 254 Å². The summed E-state index contributed by atoms with van der Waals surface area (Å²) in [5.41, 5.74) is 13.5. The quantitative estimate of drug-likeness (QED) is 0.145. The number of fused-ring (bicyclic) bond motifs is 10. The van der Waals surface area contributed by atoms with Crippen molar-refractivity contribution >= 4 is 99.5 Å². The van der Waals surface area contributed by atoms with E-state index >= 15 is 0 Å². The maximum Gasteiger partial charge on any atom is 3.00 e. The van der Waals surface area contributed by atoms with Crippen LogP contribution in [0.5, 0.6) is 0 Å². The van der Waals surface area contributed by atoms with Gasteiger partial charge in [-0.15, -0.1) is 39.9 Å². The summed E-state index contributed by atoms with van der Waals surface area (Å²) >= 11 is 0. The monoisotopic (exact) mass is 1890 g/mol. The molecule has 0 radical (unpaired) electrons. The molecule has 0 atom stereocenters. The molecule has 0 unspecified atom stereocenters. The van der Waals surface area contributed by atoms with E-state index in [2.05, 4.69) is 227 Å². The van der Waals surface area contributed by atoms with Crippen molar-refractivity contribution in [1.82, 2.24) is 33.6 Å². The zero-order chi connectivity index (χ0) is 68.8. The Labute approximate surface area is 653 Å². The fourth-order valence-corrected chi connectivity index (χ4v) is 12.6. The minimum absolute atomic E-state index is 0. The van der Waals surface area contributed by atoms with Crippen LogP contribution < -0.4 is 24.5 Å². The van der Waals surface area contributed by atoms with Crippen molar-refractivity contribution in [3.8, 4) is 17.5 Å². The zero-order valence-electron chi connectivity index (χ0n) is 57.1. The molecular formula is C90H67Ir3N12. The van der Waals surface area contributed by atoms with Gasteiger partial charge in [-0.2, -0.15) is 177 Å². The standard InChI is InChI=1S/3C17H11N2.C15H12N2.C14H12N2.C10H10N2.3Ir/c3*1-3-9-15-13(7-1)14-8-2-4-10-16(14)19(15)17-11-5-6-12-18-17;1-3-7-14(8-4-1)16-11-12-17(13-16)15-9-5-2-6-10-15;1-15-11-16(12-7-3-2-4-8-12)14-10-6-5-9-13(14)15;1-11-7-8-12(9-11)10-5-3-2-4-6-10;;;/h3*1-9,11-12H;1-9,11-13H;2-7,9-11H,1H3;2-5,7-9H,1H3;;;/q3*-1;3*-2;3*+3. The molecular weight excluding hydrogens is 1830 g/mol. The minimum atomic E-state index is 0. The van der Waals surface area contributed by atoms with Gasteiger partial charge in [0.1, 0.15) is 17.5 Å². The van der Waals surface area contributed by atoms with Gasteiger partial charge in [-0.3, -0.25) is 0 Å². The Kier molecular flexibility index (Phi) is 24.5. The van der Waals surface area contributed by atoms with E-state index in [0.29, 0.717) is 0 Å². The van der Waals surface area contributed by atoms with E-state index < -0.39 is 0 Å². The van der Waals surface area contributed by atoms with E-state index in [4.69, 9.17) is 0 Å². The fourth-order valence-electron chi connectivity index (χ4n) is 12.6. The summed E-state index contributed by atoms with van der Waals surface area (Å²) in [4.78, 5) is 25.8. The first kappa shape index (κ1) is 73.3. The van der Waals surface area contributed by atoms with Gasteiger partial charge >= 0.3 is 60.3 Å². The van der Waals surface area contributed by atoms with Crippen LogP contribution in [0.1, 0.15) is 0 Å². The van der Waals surface area contributed by atoms with Crippen molar-refractivity contribution in [1.29, 1.82) is 0 Å². The Morgan fingerprint density at radius 1 is 0.276 bits per heavy atom. The van der Waals surface area contributed by atoms with E-state index in [1.165, 1.54) is 60.2 Å². The summed E-state index contributed by atoms with van der Waals surface area (Å²) in [7, 11) is 4.06. The Bertz CT molecular complexity index is 5090. The van der Waals surface area contributed by atoms with Crippen LogP contribution in [0, 0.1) is 56.4 Å². The molecule has 514 valence electrons. The van der Waals surface area contributed by atoms with Gasteiger partial charge in [0.25, 0.3) is 0 Å². The van der Waals surface area contributed by atoms with E-state index in [-0.39, 0.29) is 60.3 Å². The molecule has 6 aromatic heterocycles. The summed E-state index contributed by atoms with van der Waals surface area (Å²) in [5, 5.41) is 7.34. The molecule has 20 rings (SSSR count). The molecule has 0 amide bonds. The second kappa shape index (κ2) is 35.1. The number of benzene rings is 11. The van der Waals surface area contributed by atoms with Crippen LogP contribution in [0.25, 0.3) is 82.9 Å². The Morgan fingerprint density at radius 2 is 0.629 bits per heavy atom. The van der Waals surface area contributed by atoms with Gasteiger partial charge in [0.05, 0.1) is 0 Å². The molecule has 17 aromatic rings. The first-order valence-corrected chi connectivity index (χ1v) is 33.5. The second-order valence-corrected chi connectivity index (χ2v) is 23.8. The minimum Gasteiger partial charge on any atom is -0.510 e. The van der Waals surface area contributed by atoms with Crippen molar-refractivity contribution in [3.05, 3.63) is 409 Å². The van der Waals surface area contributed by atoms with Crippen LogP contribution in [-0.4, -0.2) is 47.6 Å². The van der Waals surface area contributed by atoms with Crippen molar-refractivity contribution in [2.24, 2.45) is 0 Å². The topological polar surface area (TPSA) is 72.9 Å². The predicted octanol–water partition coefficient (Wildman–Crippen LogP) is 20.4. The molecule has 15 heteroatoms. The molecule has 0 saturated carbocycles. The van der Waals surface area contributed by atoms with Gasteiger partial charge in [0, 0.05) is 52.2 Å². The van der Waals surface area contributed by atoms with E-state index in [1.54, 1.807) is 0 Å². The average molecular weight is 1890 g/mol. The summed E-state index contributed by atoms with van der Waals surface area (Å²) < 4.78 is 6.47. The SMILES string of the molecule is CN1C=CN(c2[c-]cccc2)[CH-]1.CN1[CH-]N(c2[c-]cccc2)c2ccccc21.[Ir+3].[Ir+3].[Ir+3].[c-]1cccc2c3ccccc3n(-c3ccccn3)c12.[c-]1cccc2c3ccccc3n(-c3ccccn3)c12.[c-]1cccc2c3ccccc3n(-c3ccccn3)c12.[c-]1ccccc1N1C=CN(c2ccccc2)[CH-]1. The third kappa shape index (κ3) is 16.3. The molecule has 0 aliphatic carbocycles. The van der Waals surface area contributed by atoms with Crippen LogP contribution in [0.2, 0.25) is 0 Å². The van der Waals surface area contributed by atoms with Crippen LogP contribution in [0.4, 0.5) is 34.1 Å². The van der Waals surface area contributed by atoms with Crippen molar-refractivity contribution in [2.75, 3.05) is 38.6 Å². The maximum absolute atomic E-state index is 4.46. The Morgan fingerprint density at radius 3 is 1.04 bits per heavy atom. The molecule has 12 nitrogen and oxygen atoms in total. The largest absolute Gasteiger partial charge is 3.00 e. The van der Waals surface area contributed by atoms with Crippen LogP contribution in [-0.2, 0) is 60.3 Å². The van der Waals surface area contributed by atoms with E-state index in [0.717, 1.165) is 56.8 Å². The fraction of sp³-hybridized carbons (Fsp3) is 0.0222. The molecule has 3 aliphatic rings. The normalized spacial score (nSPS) is 12.3. The van der Waals surface area contributed by atoms with Gasteiger partial charge in [-0.05, 0) is 134 Å². The molecule has 0 bridgehead atoms. The second-order valence-electron chi connectivity index (χ2n) is 23.8. The predicted molar refractivity (Wildman–Crippen MR) is 418 cm³/mol.